The minimum atomic E-state index is -4.83. The fourth-order valence-electron chi connectivity index (χ4n) is 3.85. The van der Waals surface area contributed by atoms with E-state index < -0.39 is 33.5 Å². The molecule has 11 heteroatoms. The van der Waals surface area contributed by atoms with Gasteiger partial charge in [0.25, 0.3) is 0 Å². The maximum atomic E-state index is 13.7. The number of nitrogens with zero attached hydrogens (tertiary/aromatic N) is 1. The van der Waals surface area contributed by atoms with E-state index in [4.69, 9.17) is 5.11 Å². The zero-order valence-electron chi connectivity index (χ0n) is 18.3. The largest absolute Gasteiger partial charge is 0.573 e. The van der Waals surface area contributed by atoms with E-state index in [0.717, 1.165) is 22.6 Å². The third kappa shape index (κ3) is 5.47. The average Bonchev–Trinajstić information content (AvgIpc) is 3.13. The summed E-state index contributed by atoms with van der Waals surface area (Å²) in [6.07, 6.45) is -4.83. The quantitative estimate of drug-likeness (QED) is 0.427. The van der Waals surface area contributed by atoms with Crippen LogP contribution in [0.25, 0.3) is 0 Å². The highest BCUT2D eigenvalue weighted by Crippen LogP contribution is 2.48. The minimum absolute atomic E-state index is 0.0493. The molecule has 0 bridgehead atoms. The molecule has 0 fully saturated rings. The van der Waals surface area contributed by atoms with E-state index in [9.17, 15) is 26.4 Å². The van der Waals surface area contributed by atoms with Gasteiger partial charge in [0.05, 0.1) is 15.8 Å². The number of sulfonamides is 1. The Morgan fingerprint density at radius 1 is 1.03 bits per heavy atom. The van der Waals surface area contributed by atoms with Gasteiger partial charge in [-0.3, -0.25) is 0 Å². The molecule has 0 radical (unpaired) electrons. The van der Waals surface area contributed by atoms with Crippen LogP contribution in [0.15, 0.2) is 82.6 Å². The van der Waals surface area contributed by atoms with Crippen LogP contribution in [-0.2, 0) is 16.6 Å². The van der Waals surface area contributed by atoms with Gasteiger partial charge >= 0.3 is 12.3 Å². The predicted octanol–water partition coefficient (Wildman–Crippen LogP) is 5.71. The van der Waals surface area contributed by atoms with Gasteiger partial charge < -0.3 is 9.84 Å². The number of carboxylic acids is 1. The Hall–Kier alpha value is -3.02. The molecule has 3 aromatic rings. The third-order valence-corrected chi connectivity index (χ3v) is 9.08. The Morgan fingerprint density at radius 3 is 2.23 bits per heavy atom. The number of hydrogen-bond donors (Lipinski definition) is 1. The van der Waals surface area contributed by atoms with Gasteiger partial charge in [0, 0.05) is 17.4 Å². The average molecular weight is 524 g/mol. The summed E-state index contributed by atoms with van der Waals surface area (Å²) in [6.45, 7) is 1.81. The monoisotopic (exact) mass is 523 g/mol. The summed E-state index contributed by atoms with van der Waals surface area (Å²) in [6, 6.07) is 17.5. The first-order valence-corrected chi connectivity index (χ1v) is 12.7. The highest BCUT2D eigenvalue weighted by molar-refractivity contribution is 8.01. The first-order valence-electron chi connectivity index (χ1n) is 10.4. The molecule has 1 aliphatic heterocycles. The summed E-state index contributed by atoms with van der Waals surface area (Å²) in [5, 5.41) is 8.61. The van der Waals surface area contributed by atoms with E-state index in [1.807, 2.05) is 31.2 Å². The van der Waals surface area contributed by atoms with Crippen molar-refractivity contribution >= 4 is 27.8 Å². The van der Waals surface area contributed by atoms with Gasteiger partial charge in [-0.2, -0.15) is 4.31 Å². The zero-order chi connectivity index (χ0) is 25.4. The molecule has 0 aromatic heterocycles. The molecule has 1 heterocycles. The third-order valence-electron chi connectivity index (χ3n) is 5.57. The smallest absolute Gasteiger partial charge is 0.478 e. The number of halogens is 3. The first kappa shape index (κ1) is 25.1. The van der Waals surface area contributed by atoms with Crippen molar-refractivity contribution in [2.75, 3.05) is 0 Å². The van der Waals surface area contributed by atoms with Crippen LogP contribution >= 0.6 is 11.8 Å². The Labute approximate surface area is 204 Å². The zero-order valence-corrected chi connectivity index (χ0v) is 19.9. The fourth-order valence-corrected chi connectivity index (χ4v) is 7.20. The number of carbonyl (C=O) groups is 1. The van der Waals surface area contributed by atoms with Gasteiger partial charge in [-0.15, -0.1) is 24.9 Å². The second-order valence-electron chi connectivity index (χ2n) is 7.91. The van der Waals surface area contributed by atoms with Crippen molar-refractivity contribution in [1.29, 1.82) is 0 Å². The van der Waals surface area contributed by atoms with E-state index in [2.05, 4.69) is 4.74 Å². The summed E-state index contributed by atoms with van der Waals surface area (Å²) in [4.78, 5) is 12.0. The standard InChI is InChI=1S/C24H20F3NO5S2/c1-15-20-4-2-3-5-21(20)34-22(15)28(14-16-6-10-18(11-7-16)33-24(25,26)27)35(31,32)19-12-8-17(9-13-19)23(29)30/h2-13,15,22H,14H2,1H3,(H,29,30). The van der Waals surface area contributed by atoms with Crippen LogP contribution in [0.4, 0.5) is 13.2 Å². The number of benzene rings is 3. The van der Waals surface area contributed by atoms with Crippen molar-refractivity contribution in [3.05, 3.63) is 89.5 Å². The van der Waals surface area contributed by atoms with Gasteiger partial charge in [0.2, 0.25) is 10.0 Å². The number of fused-ring (bicyclic) bond motifs is 1. The van der Waals surface area contributed by atoms with Crippen LogP contribution in [0.3, 0.4) is 0 Å². The van der Waals surface area contributed by atoms with Gasteiger partial charge in [0.15, 0.2) is 0 Å². The highest BCUT2D eigenvalue weighted by Gasteiger charge is 2.40. The highest BCUT2D eigenvalue weighted by atomic mass is 32.2. The molecule has 0 saturated carbocycles. The molecule has 1 N–H and O–H groups in total. The van der Waals surface area contributed by atoms with Crippen LogP contribution in [0.5, 0.6) is 5.75 Å². The molecule has 3 aromatic carbocycles. The van der Waals surface area contributed by atoms with Crippen LogP contribution in [-0.4, -0.2) is 35.5 Å². The number of rotatable bonds is 7. The van der Waals surface area contributed by atoms with Crippen molar-refractivity contribution in [2.24, 2.45) is 0 Å². The predicted molar refractivity (Wildman–Crippen MR) is 124 cm³/mol. The summed E-state index contributed by atoms with van der Waals surface area (Å²) in [7, 11) is -4.11. The lowest BCUT2D eigenvalue weighted by Gasteiger charge is -2.30. The minimum Gasteiger partial charge on any atom is -0.478 e. The fraction of sp³-hybridized carbons (Fsp3) is 0.208. The van der Waals surface area contributed by atoms with Gasteiger partial charge in [-0.1, -0.05) is 37.3 Å². The number of aromatic carboxylic acids is 1. The molecule has 0 aliphatic carbocycles. The molecule has 6 nitrogen and oxygen atoms in total. The normalized spacial score (nSPS) is 17.9. The van der Waals surface area contributed by atoms with Crippen molar-refractivity contribution in [3.8, 4) is 5.75 Å². The van der Waals surface area contributed by atoms with Crippen LogP contribution in [0.1, 0.15) is 34.3 Å². The molecule has 0 saturated heterocycles. The lowest BCUT2D eigenvalue weighted by molar-refractivity contribution is -0.274. The summed E-state index contributed by atoms with van der Waals surface area (Å²) in [5.41, 5.74) is 1.42. The molecule has 0 amide bonds. The number of ether oxygens (including phenoxy) is 1. The number of thioether (sulfide) groups is 1. The second kappa shape index (κ2) is 9.56. The molecule has 2 unspecified atom stereocenters. The molecular weight excluding hydrogens is 503 g/mol. The van der Waals surface area contributed by atoms with E-state index in [0.29, 0.717) is 5.56 Å². The Balaban J connectivity index is 1.69. The second-order valence-corrected chi connectivity index (χ2v) is 11.0. The maximum absolute atomic E-state index is 13.7. The van der Waals surface area contributed by atoms with Crippen molar-refractivity contribution in [2.45, 2.75) is 40.9 Å². The Morgan fingerprint density at radius 2 is 1.66 bits per heavy atom. The van der Waals surface area contributed by atoms with Gasteiger partial charge in [-0.05, 0) is 53.6 Å². The van der Waals surface area contributed by atoms with Crippen molar-refractivity contribution < 1.29 is 36.2 Å². The first-order chi connectivity index (χ1) is 16.5. The molecule has 1 aliphatic rings. The van der Waals surface area contributed by atoms with Crippen LogP contribution < -0.4 is 4.74 Å². The molecule has 4 rings (SSSR count). The summed E-state index contributed by atoms with van der Waals surface area (Å²) in [5.74, 6) is -1.75. The van der Waals surface area contributed by atoms with Gasteiger partial charge in [-0.25, -0.2) is 13.2 Å². The van der Waals surface area contributed by atoms with Crippen LogP contribution in [0.2, 0.25) is 0 Å². The Kier molecular flexibility index (Phi) is 6.85. The van der Waals surface area contributed by atoms with E-state index in [1.54, 1.807) is 0 Å². The molecule has 184 valence electrons. The molecule has 0 spiro atoms. The topological polar surface area (TPSA) is 83.9 Å². The number of carboxylic acid groups (broad SMARTS) is 1. The number of alkyl halides is 3. The van der Waals surface area contributed by atoms with Gasteiger partial charge in [0.1, 0.15) is 5.75 Å². The molecule has 2 atom stereocenters. The van der Waals surface area contributed by atoms with E-state index in [1.165, 1.54) is 52.5 Å². The molecular formula is C24H20F3NO5S2. The lowest BCUT2D eigenvalue weighted by atomic mass is 10.0. The Bertz CT molecular complexity index is 1330. The van der Waals surface area contributed by atoms with E-state index >= 15 is 0 Å². The van der Waals surface area contributed by atoms with Crippen molar-refractivity contribution in [1.82, 2.24) is 4.31 Å². The molecule has 35 heavy (non-hydrogen) atoms. The SMILES string of the molecule is CC1c2ccccc2SC1N(Cc1ccc(OC(F)(F)F)cc1)S(=O)(=O)c1ccc(C(=O)O)cc1. The summed E-state index contributed by atoms with van der Waals surface area (Å²) < 4.78 is 70.2. The van der Waals surface area contributed by atoms with Crippen LogP contribution in [0, 0.1) is 0 Å². The van der Waals surface area contributed by atoms with E-state index in [-0.39, 0.29) is 22.9 Å². The maximum Gasteiger partial charge on any atom is 0.573 e. The van der Waals surface area contributed by atoms with Crippen molar-refractivity contribution in [3.63, 3.8) is 0 Å². The number of hydrogen-bond acceptors (Lipinski definition) is 5. The lowest BCUT2D eigenvalue weighted by Crippen LogP contribution is -2.39. The summed E-state index contributed by atoms with van der Waals surface area (Å²) >= 11 is 1.39.